The van der Waals surface area contributed by atoms with E-state index in [1.165, 1.54) is 17.4 Å². The molecule has 0 amide bonds. The number of aryl methyl sites for hydroxylation is 1. The third-order valence-corrected chi connectivity index (χ3v) is 4.89. The van der Waals surface area contributed by atoms with Gasteiger partial charge < -0.3 is 4.74 Å². The number of para-hydroxylation sites is 1. The number of carbonyl (C=O) groups is 2. The van der Waals surface area contributed by atoms with Crippen LogP contribution in [0.2, 0.25) is 0 Å². The predicted molar refractivity (Wildman–Crippen MR) is 98.3 cm³/mol. The van der Waals surface area contributed by atoms with Gasteiger partial charge in [0, 0.05) is 23.5 Å². The largest absolute Gasteiger partial charge is 0.462 e. The standard InChI is InChI=1S/C21H20N2O3/c24-20(11-14-26-21(25)15-9-12-22-13-10-15)23-18-7-3-1-5-16(18)17-6-2-4-8-19(17)23/h1,3,5,7,9-10,12-13H,2,4,6,8,11,14H2. The van der Waals surface area contributed by atoms with Gasteiger partial charge >= 0.3 is 5.97 Å². The van der Waals surface area contributed by atoms with Crippen molar-refractivity contribution in [3.8, 4) is 0 Å². The second-order valence-electron chi connectivity index (χ2n) is 6.50. The summed E-state index contributed by atoms with van der Waals surface area (Å²) < 4.78 is 7.09. The van der Waals surface area contributed by atoms with Gasteiger partial charge in [0.1, 0.15) is 6.61 Å². The summed E-state index contributed by atoms with van der Waals surface area (Å²) in [5, 5.41) is 1.17. The van der Waals surface area contributed by atoms with Gasteiger partial charge in [0.05, 0.1) is 17.5 Å². The van der Waals surface area contributed by atoms with E-state index in [0.717, 1.165) is 30.5 Å². The van der Waals surface area contributed by atoms with Crippen LogP contribution in [0.3, 0.4) is 0 Å². The lowest BCUT2D eigenvalue weighted by atomic mass is 9.95. The number of benzene rings is 1. The number of ether oxygens (including phenoxy) is 1. The Bertz CT molecular complexity index is 960. The fourth-order valence-corrected chi connectivity index (χ4v) is 3.69. The smallest absolute Gasteiger partial charge is 0.338 e. The second kappa shape index (κ2) is 7.12. The number of aromatic nitrogens is 2. The highest BCUT2D eigenvalue weighted by molar-refractivity contribution is 5.96. The number of fused-ring (bicyclic) bond motifs is 3. The van der Waals surface area contributed by atoms with E-state index in [-0.39, 0.29) is 18.9 Å². The first-order valence-corrected chi connectivity index (χ1v) is 8.97. The van der Waals surface area contributed by atoms with Gasteiger partial charge in [-0.25, -0.2) is 4.79 Å². The first-order valence-electron chi connectivity index (χ1n) is 8.97. The Hall–Kier alpha value is -2.95. The molecule has 2 heterocycles. The lowest BCUT2D eigenvalue weighted by Gasteiger charge is -2.15. The highest BCUT2D eigenvalue weighted by atomic mass is 16.5. The summed E-state index contributed by atoms with van der Waals surface area (Å²) in [6, 6.07) is 11.3. The van der Waals surface area contributed by atoms with E-state index in [2.05, 4.69) is 11.1 Å². The van der Waals surface area contributed by atoms with Gasteiger partial charge in [-0.1, -0.05) is 18.2 Å². The molecular weight excluding hydrogens is 328 g/mol. The minimum atomic E-state index is -0.431. The molecule has 3 aromatic rings. The molecule has 2 aromatic heterocycles. The molecule has 4 rings (SSSR count). The molecule has 0 aliphatic heterocycles. The molecule has 0 unspecified atom stereocenters. The summed E-state index contributed by atoms with van der Waals surface area (Å²) in [6.07, 6.45) is 7.47. The van der Waals surface area contributed by atoms with Gasteiger partial charge in [-0.15, -0.1) is 0 Å². The van der Waals surface area contributed by atoms with Gasteiger partial charge in [0.2, 0.25) is 5.91 Å². The average molecular weight is 348 g/mol. The molecule has 0 spiro atoms. The van der Waals surface area contributed by atoms with Crippen LogP contribution in [-0.2, 0) is 17.6 Å². The van der Waals surface area contributed by atoms with Crippen molar-refractivity contribution in [1.29, 1.82) is 0 Å². The summed E-state index contributed by atoms with van der Waals surface area (Å²) in [6.45, 7) is 0.0707. The zero-order valence-corrected chi connectivity index (χ0v) is 14.5. The van der Waals surface area contributed by atoms with Gasteiger partial charge in [0.25, 0.3) is 0 Å². The molecule has 0 atom stereocenters. The normalized spacial score (nSPS) is 13.4. The first-order chi connectivity index (χ1) is 12.8. The van der Waals surface area contributed by atoms with Crippen LogP contribution in [0.25, 0.3) is 10.9 Å². The van der Waals surface area contributed by atoms with Crippen molar-refractivity contribution < 1.29 is 14.3 Å². The number of hydrogen-bond donors (Lipinski definition) is 0. The van der Waals surface area contributed by atoms with Crippen LogP contribution < -0.4 is 0 Å². The number of pyridine rings is 1. The van der Waals surface area contributed by atoms with Crippen LogP contribution in [-0.4, -0.2) is 28.0 Å². The lowest BCUT2D eigenvalue weighted by molar-refractivity contribution is 0.0489. The lowest BCUT2D eigenvalue weighted by Crippen LogP contribution is -2.18. The van der Waals surface area contributed by atoms with Crippen LogP contribution in [0.4, 0.5) is 0 Å². The molecule has 5 heteroatoms. The number of nitrogens with zero attached hydrogens (tertiary/aromatic N) is 2. The SMILES string of the molecule is O=C(OCCC(=O)n1c2c(c3ccccc31)CCCC2)c1ccncc1. The Morgan fingerprint density at radius 2 is 1.81 bits per heavy atom. The van der Waals surface area contributed by atoms with E-state index in [9.17, 15) is 9.59 Å². The van der Waals surface area contributed by atoms with E-state index in [4.69, 9.17) is 4.74 Å². The molecule has 0 N–H and O–H groups in total. The zero-order chi connectivity index (χ0) is 17.9. The molecule has 26 heavy (non-hydrogen) atoms. The Balaban J connectivity index is 1.51. The van der Waals surface area contributed by atoms with Crippen molar-refractivity contribution in [2.24, 2.45) is 0 Å². The summed E-state index contributed by atoms with van der Waals surface area (Å²) >= 11 is 0. The van der Waals surface area contributed by atoms with Crippen molar-refractivity contribution >= 4 is 22.8 Å². The summed E-state index contributed by atoms with van der Waals surface area (Å²) in [5.41, 5.74) is 3.83. The molecule has 5 nitrogen and oxygen atoms in total. The molecular formula is C21H20N2O3. The zero-order valence-electron chi connectivity index (χ0n) is 14.5. The molecule has 0 radical (unpaired) electrons. The number of rotatable bonds is 4. The molecule has 0 saturated heterocycles. The maximum Gasteiger partial charge on any atom is 0.338 e. The Morgan fingerprint density at radius 1 is 1.04 bits per heavy atom. The van der Waals surface area contributed by atoms with Gasteiger partial charge in [-0.2, -0.15) is 0 Å². The second-order valence-corrected chi connectivity index (χ2v) is 6.50. The highest BCUT2D eigenvalue weighted by Gasteiger charge is 2.23. The monoisotopic (exact) mass is 348 g/mol. The van der Waals surface area contributed by atoms with Crippen LogP contribution in [0.15, 0.2) is 48.8 Å². The van der Waals surface area contributed by atoms with Crippen LogP contribution in [0.5, 0.6) is 0 Å². The number of carbonyl (C=O) groups excluding carboxylic acids is 2. The van der Waals surface area contributed by atoms with E-state index < -0.39 is 5.97 Å². The maximum absolute atomic E-state index is 12.9. The van der Waals surface area contributed by atoms with E-state index in [1.807, 2.05) is 22.8 Å². The van der Waals surface area contributed by atoms with Crippen molar-refractivity contribution in [2.45, 2.75) is 32.1 Å². The number of hydrogen-bond acceptors (Lipinski definition) is 4. The molecule has 0 fully saturated rings. The van der Waals surface area contributed by atoms with Crippen molar-refractivity contribution in [1.82, 2.24) is 9.55 Å². The molecule has 132 valence electrons. The molecule has 0 saturated carbocycles. The van der Waals surface area contributed by atoms with Gasteiger partial charge in [0.15, 0.2) is 0 Å². The molecule has 1 aliphatic rings. The third kappa shape index (κ3) is 3.01. The molecule has 0 bridgehead atoms. The Labute approximate surface area is 151 Å². The minimum absolute atomic E-state index is 0.0214. The predicted octanol–water partition coefficient (Wildman–Crippen LogP) is 3.80. The third-order valence-electron chi connectivity index (χ3n) is 4.89. The molecule has 1 aliphatic carbocycles. The van der Waals surface area contributed by atoms with Gasteiger partial charge in [-0.3, -0.25) is 14.3 Å². The summed E-state index contributed by atoms with van der Waals surface area (Å²) in [5.74, 6) is -0.452. The quantitative estimate of drug-likeness (QED) is 0.673. The van der Waals surface area contributed by atoms with Crippen molar-refractivity contribution in [3.05, 3.63) is 65.6 Å². The van der Waals surface area contributed by atoms with E-state index in [1.54, 1.807) is 24.5 Å². The van der Waals surface area contributed by atoms with Crippen LogP contribution in [0, 0.1) is 0 Å². The fourth-order valence-electron chi connectivity index (χ4n) is 3.69. The average Bonchev–Trinajstić information content (AvgIpc) is 3.03. The topological polar surface area (TPSA) is 61.2 Å². The summed E-state index contributed by atoms with van der Waals surface area (Å²) in [4.78, 5) is 28.7. The summed E-state index contributed by atoms with van der Waals surface area (Å²) in [7, 11) is 0. The van der Waals surface area contributed by atoms with E-state index >= 15 is 0 Å². The first kappa shape index (κ1) is 16.5. The number of esters is 1. The Morgan fingerprint density at radius 3 is 2.65 bits per heavy atom. The van der Waals surface area contributed by atoms with Crippen molar-refractivity contribution in [3.63, 3.8) is 0 Å². The molecule has 1 aromatic carbocycles. The Kier molecular flexibility index (Phi) is 4.52. The van der Waals surface area contributed by atoms with Crippen LogP contribution >= 0.6 is 0 Å². The highest BCUT2D eigenvalue weighted by Crippen LogP contribution is 2.32. The van der Waals surface area contributed by atoms with E-state index in [0.29, 0.717) is 5.56 Å². The maximum atomic E-state index is 12.9. The van der Waals surface area contributed by atoms with Crippen LogP contribution in [0.1, 0.15) is 45.7 Å². The van der Waals surface area contributed by atoms with Gasteiger partial charge in [-0.05, 0) is 49.4 Å². The fraction of sp³-hybridized carbons (Fsp3) is 0.286. The minimum Gasteiger partial charge on any atom is -0.462 e. The van der Waals surface area contributed by atoms with Crippen molar-refractivity contribution in [2.75, 3.05) is 6.61 Å².